The van der Waals surface area contributed by atoms with Crippen molar-refractivity contribution in [2.75, 3.05) is 0 Å². The Morgan fingerprint density at radius 2 is 1.88 bits per heavy atom. The molecule has 0 unspecified atom stereocenters. The predicted octanol–water partition coefficient (Wildman–Crippen LogP) is 3.35. The third-order valence-electron chi connectivity index (χ3n) is 5.09. The molecule has 0 radical (unpaired) electrons. The SMILES string of the molecule is CCCn1nc(C(=O)NN=C2[C@@H](C)CCC[C@@H]2C)c2ccccc2c1=O. The Labute approximate surface area is 153 Å². The zero-order valence-corrected chi connectivity index (χ0v) is 15.7. The Bertz CT molecular complexity index is 888. The minimum atomic E-state index is -0.372. The number of fused-ring (bicyclic) bond motifs is 1. The molecule has 0 bridgehead atoms. The molecule has 1 heterocycles. The average Bonchev–Trinajstić information content (AvgIpc) is 2.63. The highest BCUT2D eigenvalue weighted by Crippen LogP contribution is 2.25. The second-order valence-corrected chi connectivity index (χ2v) is 7.13. The van der Waals surface area contributed by atoms with Crippen LogP contribution in [0.2, 0.25) is 0 Å². The summed E-state index contributed by atoms with van der Waals surface area (Å²) >= 11 is 0. The van der Waals surface area contributed by atoms with E-state index in [2.05, 4.69) is 29.5 Å². The predicted molar refractivity (Wildman–Crippen MR) is 103 cm³/mol. The van der Waals surface area contributed by atoms with Crippen molar-refractivity contribution in [1.29, 1.82) is 0 Å². The lowest BCUT2D eigenvalue weighted by atomic mass is 9.81. The minimum absolute atomic E-state index is 0.167. The Morgan fingerprint density at radius 3 is 2.54 bits per heavy atom. The normalized spacial score (nSPS) is 20.2. The highest BCUT2D eigenvalue weighted by atomic mass is 16.2. The van der Waals surface area contributed by atoms with E-state index < -0.39 is 0 Å². The summed E-state index contributed by atoms with van der Waals surface area (Å²) < 4.78 is 1.37. The summed E-state index contributed by atoms with van der Waals surface area (Å²) in [5.41, 5.74) is 3.80. The van der Waals surface area contributed by atoms with Crippen LogP contribution in [0.1, 0.15) is 56.9 Å². The summed E-state index contributed by atoms with van der Waals surface area (Å²) in [5, 5.41) is 9.80. The molecule has 0 saturated heterocycles. The summed E-state index contributed by atoms with van der Waals surface area (Å²) in [6.07, 6.45) is 4.16. The Kier molecular flexibility index (Phi) is 5.49. The van der Waals surface area contributed by atoms with E-state index in [4.69, 9.17) is 0 Å². The number of hydrogen-bond donors (Lipinski definition) is 1. The van der Waals surface area contributed by atoms with E-state index in [1.54, 1.807) is 18.2 Å². The Hall–Kier alpha value is -2.50. The molecule has 2 aromatic rings. The van der Waals surface area contributed by atoms with Gasteiger partial charge in [0.15, 0.2) is 5.69 Å². The van der Waals surface area contributed by atoms with E-state index in [1.807, 2.05) is 13.0 Å². The largest absolute Gasteiger partial charge is 0.292 e. The van der Waals surface area contributed by atoms with Crippen LogP contribution in [-0.4, -0.2) is 21.4 Å². The molecule has 1 amide bonds. The maximum absolute atomic E-state index is 12.8. The van der Waals surface area contributed by atoms with Gasteiger partial charge in [0.25, 0.3) is 11.5 Å². The summed E-state index contributed by atoms with van der Waals surface area (Å²) in [5.74, 6) is 0.374. The maximum atomic E-state index is 12.8. The number of aryl methyl sites for hydroxylation is 1. The maximum Gasteiger partial charge on any atom is 0.292 e. The summed E-state index contributed by atoms with van der Waals surface area (Å²) in [4.78, 5) is 25.3. The van der Waals surface area contributed by atoms with Crippen LogP contribution in [0.5, 0.6) is 0 Å². The van der Waals surface area contributed by atoms with Crippen LogP contribution in [0.3, 0.4) is 0 Å². The van der Waals surface area contributed by atoms with Gasteiger partial charge < -0.3 is 0 Å². The van der Waals surface area contributed by atoms with E-state index >= 15 is 0 Å². The van der Waals surface area contributed by atoms with Crippen molar-refractivity contribution >= 4 is 22.4 Å². The van der Waals surface area contributed by atoms with Crippen molar-refractivity contribution in [3.63, 3.8) is 0 Å². The van der Waals surface area contributed by atoms with E-state index in [0.717, 1.165) is 25.0 Å². The van der Waals surface area contributed by atoms with Crippen LogP contribution in [0.15, 0.2) is 34.2 Å². The molecule has 2 atom stereocenters. The van der Waals surface area contributed by atoms with Gasteiger partial charge in [-0.2, -0.15) is 10.2 Å². The highest BCUT2D eigenvalue weighted by molar-refractivity contribution is 6.05. The smallest absolute Gasteiger partial charge is 0.267 e. The topological polar surface area (TPSA) is 76.3 Å². The first kappa shape index (κ1) is 18.3. The van der Waals surface area contributed by atoms with Crippen LogP contribution < -0.4 is 11.0 Å². The van der Waals surface area contributed by atoms with Crippen molar-refractivity contribution in [3.05, 3.63) is 40.3 Å². The molecule has 6 nitrogen and oxygen atoms in total. The zero-order chi connectivity index (χ0) is 18.7. The second-order valence-electron chi connectivity index (χ2n) is 7.13. The van der Waals surface area contributed by atoms with E-state index in [9.17, 15) is 9.59 Å². The van der Waals surface area contributed by atoms with Crippen LogP contribution >= 0.6 is 0 Å². The molecule has 1 aromatic carbocycles. The monoisotopic (exact) mass is 354 g/mol. The molecule has 1 aromatic heterocycles. The first-order valence-electron chi connectivity index (χ1n) is 9.40. The quantitative estimate of drug-likeness (QED) is 0.856. The van der Waals surface area contributed by atoms with Gasteiger partial charge in [0.1, 0.15) is 0 Å². The summed E-state index contributed by atoms with van der Waals surface area (Å²) in [6.45, 7) is 6.75. The zero-order valence-electron chi connectivity index (χ0n) is 15.7. The van der Waals surface area contributed by atoms with E-state index in [1.165, 1.54) is 11.1 Å². The number of benzene rings is 1. The first-order chi connectivity index (χ1) is 12.5. The number of nitrogens with one attached hydrogen (secondary N) is 1. The van der Waals surface area contributed by atoms with Crippen molar-refractivity contribution in [2.24, 2.45) is 16.9 Å². The van der Waals surface area contributed by atoms with Crippen molar-refractivity contribution in [3.8, 4) is 0 Å². The number of carbonyl (C=O) groups is 1. The van der Waals surface area contributed by atoms with Crippen molar-refractivity contribution in [2.45, 2.75) is 53.0 Å². The van der Waals surface area contributed by atoms with Gasteiger partial charge in [-0.25, -0.2) is 10.1 Å². The third kappa shape index (κ3) is 3.54. The molecule has 26 heavy (non-hydrogen) atoms. The number of hydrogen-bond acceptors (Lipinski definition) is 4. The van der Waals surface area contributed by atoms with Gasteiger partial charge in [-0.3, -0.25) is 9.59 Å². The summed E-state index contributed by atoms with van der Waals surface area (Å²) in [6, 6.07) is 7.10. The molecular weight excluding hydrogens is 328 g/mol. The molecule has 0 aliphatic heterocycles. The fourth-order valence-corrected chi connectivity index (χ4v) is 3.67. The standard InChI is InChI=1S/C20H26N4O2/c1-4-12-24-20(26)16-11-6-5-10-15(16)18(23-24)19(25)22-21-17-13(2)8-7-9-14(17)3/h5-6,10-11,13-14H,4,7-9,12H2,1-3H3,(H,22,25)/t13-,14-/m0/s1. The second kappa shape index (κ2) is 7.81. The molecule has 1 N–H and O–H groups in total. The average molecular weight is 354 g/mol. The number of nitrogens with zero attached hydrogens (tertiary/aromatic N) is 3. The molecule has 1 aliphatic carbocycles. The van der Waals surface area contributed by atoms with E-state index in [-0.39, 0.29) is 17.2 Å². The van der Waals surface area contributed by atoms with Crippen molar-refractivity contribution < 1.29 is 4.79 Å². The fraction of sp³-hybridized carbons (Fsp3) is 0.500. The lowest BCUT2D eigenvalue weighted by Gasteiger charge is -2.26. The molecule has 6 heteroatoms. The molecular formula is C20H26N4O2. The highest BCUT2D eigenvalue weighted by Gasteiger charge is 2.24. The number of aromatic nitrogens is 2. The lowest BCUT2D eigenvalue weighted by Crippen LogP contribution is -2.31. The number of rotatable bonds is 4. The van der Waals surface area contributed by atoms with Crippen LogP contribution in [0.25, 0.3) is 10.8 Å². The van der Waals surface area contributed by atoms with Gasteiger partial charge in [-0.15, -0.1) is 0 Å². The Balaban J connectivity index is 1.97. The van der Waals surface area contributed by atoms with Gasteiger partial charge in [0, 0.05) is 17.6 Å². The number of amides is 1. The molecule has 1 fully saturated rings. The van der Waals surface area contributed by atoms with E-state index in [0.29, 0.717) is 29.2 Å². The number of carbonyl (C=O) groups excluding carboxylic acids is 1. The molecule has 1 saturated carbocycles. The van der Waals surface area contributed by atoms with Gasteiger partial charge in [0.2, 0.25) is 0 Å². The lowest BCUT2D eigenvalue weighted by molar-refractivity contribution is 0.0948. The molecule has 138 valence electrons. The van der Waals surface area contributed by atoms with Crippen LogP contribution in [0, 0.1) is 11.8 Å². The fourth-order valence-electron chi connectivity index (χ4n) is 3.67. The van der Waals surface area contributed by atoms with Crippen LogP contribution in [0.4, 0.5) is 0 Å². The van der Waals surface area contributed by atoms with Gasteiger partial charge in [-0.05, 0) is 37.2 Å². The number of hydrazone groups is 1. The van der Waals surface area contributed by atoms with Crippen LogP contribution in [-0.2, 0) is 6.54 Å². The third-order valence-corrected chi connectivity index (χ3v) is 5.09. The summed E-state index contributed by atoms with van der Waals surface area (Å²) in [7, 11) is 0. The Morgan fingerprint density at radius 1 is 1.23 bits per heavy atom. The van der Waals surface area contributed by atoms with Crippen molar-refractivity contribution in [1.82, 2.24) is 15.2 Å². The molecule has 0 spiro atoms. The molecule has 3 rings (SSSR count). The first-order valence-corrected chi connectivity index (χ1v) is 9.40. The molecule has 1 aliphatic rings. The van der Waals surface area contributed by atoms with Gasteiger partial charge in [0.05, 0.1) is 5.39 Å². The van der Waals surface area contributed by atoms with Gasteiger partial charge in [-0.1, -0.05) is 45.4 Å². The minimum Gasteiger partial charge on any atom is -0.267 e. The van der Waals surface area contributed by atoms with Gasteiger partial charge >= 0.3 is 0 Å².